The van der Waals surface area contributed by atoms with Crippen molar-refractivity contribution >= 4 is 0 Å². The first-order valence-electron chi connectivity index (χ1n) is 7.31. The van der Waals surface area contributed by atoms with Gasteiger partial charge in [0.2, 0.25) is 0 Å². The molecule has 0 radical (unpaired) electrons. The van der Waals surface area contributed by atoms with Gasteiger partial charge in [0.05, 0.1) is 6.10 Å². The lowest BCUT2D eigenvalue weighted by molar-refractivity contribution is 0.124. The second-order valence-corrected chi connectivity index (χ2v) is 6.31. The number of piperidine rings is 1. The van der Waals surface area contributed by atoms with Gasteiger partial charge in [-0.15, -0.1) is 0 Å². The van der Waals surface area contributed by atoms with Gasteiger partial charge in [-0.25, -0.2) is 4.39 Å². The number of aliphatic hydroxyl groups excluding tert-OH is 1. The highest BCUT2D eigenvalue weighted by Gasteiger charge is 2.28. The van der Waals surface area contributed by atoms with Crippen LogP contribution in [0.25, 0.3) is 0 Å². The van der Waals surface area contributed by atoms with Gasteiger partial charge in [0.15, 0.2) is 0 Å². The predicted molar refractivity (Wildman–Crippen MR) is 79.1 cm³/mol. The Hall–Kier alpha value is -0.970. The van der Waals surface area contributed by atoms with Gasteiger partial charge in [0.1, 0.15) is 5.82 Å². The Morgan fingerprint density at radius 1 is 1.30 bits per heavy atom. The Labute approximate surface area is 120 Å². The average molecular weight is 280 g/mol. The van der Waals surface area contributed by atoms with Crippen LogP contribution in [-0.2, 0) is 0 Å². The summed E-state index contributed by atoms with van der Waals surface area (Å²) in [5.41, 5.74) is 1.07. The van der Waals surface area contributed by atoms with Crippen molar-refractivity contribution in [1.82, 2.24) is 10.2 Å². The molecule has 1 heterocycles. The van der Waals surface area contributed by atoms with E-state index in [0.29, 0.717) is 12.0 Å². The molecule has 2 N–H and O–H groups in total. The van der Waals surface area contributed by atoms with Crippen LogP contribution in [0.15, 0.2) is 24.3 Å². The van der Waals surface area contributed by atoms with Gasteiger partial charge in [-0.1, -0.05) is 19.1 Å². The molecule has 0 amide bonds. The summed E-state index contributed by atoms with van der Waals surface area (Å²) in [6.07, 6.45) is 1.79. The quantitative estimate of drug-likeness (QED) is 0.868. The summed E-state index contributed by atoms with van der Waals surface area (Å²) in [5, 5.41) is 13.4. The molecule has 20 heavy (non-hydrogen) atoms. The monoisotopic (exact) mass is 280 g/mol. The molecule has 0 aliphatic carbocycles. The van der Waals surface area contributed by atoms with E-state index >= 15 is 0 Å². The lowest BCUT2D eigenvalue weighted by atomic mass is 9.80. The fourth-order valence-corrected chi connectivity index (χ4v) is 2.65. The molecule has 1 unspecified atom stereocenters. The first kappa shape index (κ1) is 15.4. The zero-order chi connectivity index (χ0) is 14.6. The Morgan fingerprint density at radius 3 is 2.50 bits per heavy atom. The van der Waals surface area contributed by atoms with Crippen LogP contribution in [0.1, 0.15) is 31.4 Å². The fourth-order valence-electron chi connectivity index (χ4n) is 2.65. The Kier molecular flexibility index (Phi) is 5.13. The summed E-state index contributed by atoms with van der Waals surface area (Å²) < 4.78 is 12.8. The molecule has 1 aliphatic heterocycles. The maximum atomic E-state index is 12.8. The van der Waals surface area contributed by atoms with Gasteiger partial charge in [-0.3, -0.25) is 0 Å². The normalized spacial score (nSPS) is 20.8. The number of hydrogen-bond acceptors (Lipinski definition) is 3. The van der Waals surface area contributed by atoms with Crippen LogP contribution in [0.5, 0.6) is 0 Å². The number of hydrogen-bond donors (Lipinski definition) is 2. The SMILES string of the molecule is CN1CCC(C)(CNCC(O)c2ccc(F)cc2)CC1. The van der Waals surface area contributed by atoms with Crippen molar-refractivity contribution in [1.29, 1.82) is 0 Å². The predicted octanol–water partition coefficient (Wildman–Crippen LogP) is 2.18. The number of aliphatic hydroxyl groups is 1. The first-order chi connectivity index (χ1) is 9.48. The highest BCUT2D eigenvalue weighted by Crippen LogP contribution is 2.29. The van der Waals surface area contributed by atoms with E-state index in [1.807, 2.05) is 0 Å². The third-order valence-corrected chi connectivity index (χ3v) is 4.34. The molecule has 0 aromatic heterocycles. The topological polar surface area (TPSA) is 35.5 Å². The lowest BCUT2D eigenvalue weighted by Gasteiger charge is -2.38. The van der Waals surface area contributed by atoms with Crippen LogP contribution < -0.4 is 5.32 Å². The molecule has 0 bridgehead atoms. The minimum atomic E-state index is -0.578. The second-order valence-electron chi connectivity index (χ2n) is 6.31. The summed E-state index contributed by atoms with van der Waals surface area (Å²) in [6, 6.07) is 6.05. The van der Waals surface area contributed by atoms with Gasteiger partial charge < -0.3 is 15.3 Å². The molecule has 1 fully saturated rings. The van der Waals surface area contributed by atoms with Crippen molar-refractivity contribution < 1.29 is 9.50 Å². The van der Waals surface area contributed by atoms with Crippen LogP contribution in [0.2, 0.25) is 0 Å². The van der Waals surface area contributed by atoms with Crippen LogP contribution in [0, 0.1) is 11.2 Å². The van der Waals surface area contributed by atoms with Crippen molar-refractivity contribution in [2.45, 2.75) is 25.9 Å². The van der Waals surface area contributed by atoms with Gasteiger partial charge in [0, 0.05) is 13.1 Å². The number of nitrogens with one attached hydrogen (secondary N) is 1. The van der Waals surface area contributed by atoms with Crippen LogP contribution >= 0.6 is 0 Å². The van der Waals surface area contributed by atoms with Crippen LogP contribution in [-0.4, -0.2) is 43.2 Å². The molecule has 1 saturated heterocycles. The molecular weight excluding hydrogens is 255 g/mol. The molecule has 1 aromatic rings. The van der Waals surface area contributed by atoms with Gasteiger partial charge >= 0.3 is 0 Å². The third kappa shape index (κ3) is 4.27. The minimum Gasteiger partial charge on any atom is -0.387 e. The molecule has 1 atom stereocenters. The Balaban J connectivity index is 1.76. The fraction of sp³-hybridized carbons (Fsp3) is 0.625. The zero-order valence-corrected chi connectivity index (χ0v) is 12.4. The Bertz CT molecular complexity index is 413. The van der Waals surface area contributed by atoms with Gasteiger partial charge in [0.25, 0.3) is 0 Å². The van der Waals surface area contributed by atoms with E-state index in [1.165, 1.54) is 25.0 Å². The van der Waals surface area contributed by atoms with E-state index in [0.717, 1.165) is 25.2 Å². The molecular formula is C16H25FN2O. The molecule has 1 aliphatic rings. The number of benzene rings is 1. The number of nitrogens with zero attached hydrogens (tertiary/aromatic N) is 1. The van der Waals surface area contributed by atoms with Crippen LogP contribution in [0.4, 0.5) is 4.39 Å². The van der Waals surface area contributed by atoms with Gasteiger partial charge in [-0.05, 0) is 56.1 Å². The van der Waals surface area contributed by atoms with Crippen LogP contribution in [0.3, 0.4) is 0 Å². The number of likely N-dealkylation sites (tertiary alicyclic amines) is 1. The van der Waals surface area contributed by atoms with E-state index in [2.05, 4.69) is 24.2 Å². The second kappa shape index (κ2) is 6.66. The maximum absolute atomic E-state index is 12.8. The van der Waals surface area contributed by atoms with E-state index < -0.39 is 6.10 Å². The Morgan fingerprint density at radius 2 is 1.90 bits per heavy atom. The number of rotatable bonds is 5. The zero-order valence-electron chi connectivity index (χ0n) is 12.4. The molecule has 112 valence electrons. The highest BCUT2D eigenvalue weighted by molar-refractivity contribution is 5.18. The summed E-state index contributed by atoms with van der Waals surface area (Å²) in [7, 11) is 2.16. The van der Waals surface area contributed by atoms with Crippen molar-refractivity contribution in [3.8, 4) is 0 Å². The van der Waals surface area contributed by atoms with Crippen molar-refractivity contribution in [2.24, 2.45) is 5.41 Å². The van der Waals surface area contributed by atoms with Crippen molar-refractivity contribution in [2.75, 3.05) is 33.2 Å². The molecule has 2 rings (SSSR count). The van der Waals surface area contributed by atoms with Crippen molar-refractivity contribution in [3.05, 3.63) is 35.6 Å². The van der Waals surface area contributed by atoms with E-state index in [9.17, 15) is 9.50 Å². The summed E-state index contributed by atoms with van der Waals surface area (Å²) >= 11 is 0. The summed E-state index contributed by atoms with van der Waals surface area (Å²) in [6.45, 7) is 6.00. The van der Waals surface area contributed by atoms with E-state index in [4.69, 9.17) is 0 Å². The van der Waals surface area contributed by atoms with E-state index in [1.54, 1.807) is 12.1 Å². The third-order valence-electron chi connectivity index (χ3n) is 4.34. The summed E-state index contributed by atoms with van der Waals surface area (Å²) in [4.78, 5) is 2.36. The summed E-state index contributed by atoms with van der Waals surface area (Å²) in [5.74, 6) is -0.271. The first-order valence-corrected chi connectivity index (χ1v) is 7.31. The highest BCUT2D eigenvalue weighted by atomic mass is 19.1. The largest absolute Gasteiger partial charge is 0.387 e. The molecule has 4 heteroatoms. The minimum absolute atomic E-state index is 0.271. The average Bonchev–Trinajstić information content (AvgIpc) is 2.43. The van der Waals surface area contributed by atoms with E-state index in [-0.39, 0.29) is 5.82 Å². The van der Waals surface area contributed by atoms with Gasteiger partial charge in [-0.2, -0.15) is 0 Å². The lowest BCUT2D eigenvalue weighted by Crippen LogP contribution is -2.42. The molecule has 3 nitrogen and oxygen atoms in total. The maximum Gasteiger partial charge on any atom is 0.123 e. The molecule has 1 aromatic carbocycles. The standard InChI is InChI=1S/C16H25FN2O/c1-16(7-9-19(2)10-8-16)12-18-11-15(20)13-3-5-14(17)6-4-13/h3-6,15,18,20H,7-12H2,1-2H3. The van der Waals surface area contributed by atoms with Crippen molar-refractivity contribution in [3.63, 3.8) is 0 Å². The number of halogens is 1. The molecule has 0 saturated carbocycles. The smallest absolute Gasteiger partial charge is 0.123 e. The molecule has 0 spiro atoms.